The average molecular weight is 395 g/mol. The third kappa shape index (κ3) is 4.92. The van der Waals surface area contributed by atoms with Crippen molar-refractivity contribution >= 4 is 24.8 Å². The highest BCUT2D eigenvalue weighted by molar-refractivity contribution is 5.85. The van der Waals surface area contributed by atoms with E-state index in [-0.39, 0.29) is 24.8 Å². The van der Waals surface area contributed by atoms with Gasteiger partial charge < -0.3 is 10.1 Å². The van der Waals surface area contributed by atoms with E-state index in [1.54, 1.807) is 0 Å². The maximum absolute atomic E-state index is 6.06. The van der Waals surface area contributed by atoms with Gasteiger partial charge in [0.25, 0.3) is 0 Å². The quantitative estimate of drug-likeness (QED) is 0.765. The van der Waals surface area contributed by atoms with Gasteiger partial charge in [-0.2, -0.15) is 0 Å². The smallest absolute Gasteiger partial charge is 0.127 e. The number of hydrogen-bond acceptors (Lipinski definition) is 3. The molecule has 2 aliphatic rings. The molecule has 0 aromatic heterocycles. The molecule has 2 fully saturated rings. The number of nitrogens with zero attached hydrogens (tertiary/aromatic N) is 1. The van der Waals surface area contributed by atoms with E-state index in [4.69, 9.17) is 4.74 Å². The molecule has 0 unspecified atom stereocenters. The van der Waals surface area contributed by atoms with Gasteiger partial charge in [-0.05, 0) is 48.6 Å². The first kappa shape index (κ1) is 21.0. The van der Waals surface area contributed by atoms with Crippen LogP contribution in [0.5, 0.6) is 11.5 Å². The first-order chi connectivity index (χ1) is 11.9. The fourth-order valence-corrected chi connectivity index (χ4v) is 3.88. The van der Waals surface area contributed by atoms with Gasteiger partial charge in [-0.1, -0.05) is 36.8 Å². The van der Waals surface area contributed by atoms with Gasteiger partial charge >= 0.3 is 0 Å². The number of benzene rings is 2. The standard InChI is InChI=1S/C21H26N2O.2ClH/c1-2-9-19(10-3-1)24-20-11-5-8-18(16-20)21(17-6-4-7-17)23-14-12-22-13-15-23;;/h1-3,5,8-11,16-17,21-22H,4,6-7,12-15H2;2*1H/t21-;;/m1../s1. The molecular formula is C21H28Cl2N2O. The van der Waals surface area contributed by atoms with Crippen LogP contribution >= 0.6 is 24.8 Å². The third-order valence-electron chi connectivity index (χ3n) is 5.32. The van der Waals surface area contributed by atoms with Crippen LogP contribution in [0.1, 0.15) is 30.9 Å². The zero-order valence-corrected chi connectivity index (χ0v) is 16.6. The monoisotopic (exact) mass is 394 g/mol. The van der Waals surface area contributed by atoms with E-state index in [1.807, 2.05) is 30.3 Å². The van der Waals surface area contributed by atoms with Crippen molar-refractivity contribution in [2.24, 2.45) is 5.92 Å². The minimum Gasteiger partial charge on any atom is -0.457 e. The van der Waals surface area contributed by atoms with E-state index in [0.717, 1.165) is 43.6 Å². The third-order valence-corrected chi connectivity index (χ3v) is 5.32. The van der Waals surface area contributed by atoms with Crippen molar-refractivity contribution in [2.45, 2.75) is 25.3 Å². The molecule has 26 heavy (non-hydrogen) atoms. The second kappa shape index (κ2) is 10.2. The molecule has 1 heterocycles. The zero-order valence-electron chi connectivity index (χ0n) is 15.0. The molecule has 0 amide bonds. The van der Waals surface area contributed by atoms with Crippen LogP contribution in [0.25, 0.3) is 0 Å². The predicted molar refractivity (Wildman–Crippen MR) is 112 cm³/mol. The normalized spacial score (nSPS) is 18.8. The van der Waals surface area contributed by atoms with E-state index >= 15 is 0 Å². The molecule has 0 radical (unpaired) electrons. The van der Waals surface area contributed by atoms with Crippen LogP contribution in [-0.2, 0) is 0 Å². The molecular weight excluding hydrogens is 367 g/mol. The Morgan fingerprint density at radius 2 is 1.58 bits per heavy atom. The summed E-state index contributed by atoms with van der Waals surface area (Å²) < 4.78 is 6.06. The summed E-state index contributed by atoms with van der Waals surface area (Å²) in [7, 11) is 0. The van der Waals surface area contributed by atoms with E-state index in [2.05, 4.69) is 34.5 Å². The molecule has 1 N–H and O–H groups in total. The molecule has 0 spiro atoms. The highest BCUT2D eigenvalue weighted by Crippen LogP contribution is 2.42. The number of piperazine rings is 1. The molecule has 142 valence electrons. The lowest BCUT2D eigenvalue weighted by molar-refractivity contribution is 0.0836. The van der Waals surface area contributed by atoms with Gasteiger partial charge in [0.2, 0.25) is 0 Å². The van der Waals surface area contributed by atoms with Crippen LogP contribution in [0.3, 0.4) is 0 Å². The van der Waals surface area contributed by atoms with E-state index in [0.29, 0.717) is 6.04 Å². The average Bonchev–Trinajstić information content (AvgIpc) is 2.60. The van der Waals surface area contributed by atoms with Crippen molar-refractivity contribution in [3.05, 3.63) is 60.2 Å². The van der Waals surface area contributed by atoms with Crippen LogP contribution in [0.4, 0.5) is 0 Å². The lowest BCUT2D eigenvalue weighted by Crippen LogP contribution is -2.47. The number of hydrogen-bond donors (Lipinski definition) is 1. The number of nitrogens with one attached hydrogen (secondary N) is 1. The van der Waals surface area contributed by atoms with Gasteiger partial charge in [0.15, 0.2) is 0 Å². The Balaban J connectivity index is 0.00000121. The van der Waals surface area contributed by atoms with Crippen LogP contribution in [0.15, 0.2) is 54.6 Å². The number of rotatable bonds is 5. The summed E-state index contributed by atoms with van der Waals surface area (Å²) in [6, 6.07) is 19.3. The summed E-state index contributed by atoms with van der Waals surface area (Å²) in [5.74, 6) is 2.64. The van der Waals surface area contributed by atoms with Crippen molar-refractivity contribution < 1.29 is 4.74 Å². The molecule has 1 saturated carbocycles. The Hall–Kier alpha value is -1.26. The molecule has 1 aliphatic heterocycles. The highest BCUT2D eigenvalue weighted by Gasteiger charge is 2.33. The summed E-state index contributed by atoms with van der Waals surface area (Å²) in [5.41, 5.74) is 1.41. The Morgan fingerprint density at radius 1 is 0.885 bits per heavy atom. The van der Waals surface area contributed by atoms with E-state index in [9.17, 15) is 0 Å². The maximum Gasteiger partial charge on any atom is 0.127 e. The highest BCUT2D eigenvalue weighted by atomic mass is 35.5. The van der Waals surface area contributed by atoms with Crippen LogP contribution in [0.2, 0.25) is 0 Å². The largest absolute Gasteiger partial charge is 0.457 e. The second-order valence-electron chi connectivity index (χ2n) is 6.91. The molecule has 2 aromatic rings. The number of para-hydroxylation sites is 1. The first-order valence-corrected chi connectivity index (χ1v) is 9.18. The topological polar surface area (TPSA) is 24.5 Å². The van der Waals surface area contributed by atoms with E-state index in [1.165, 1.54) is 24.8 Å². The summed E-state index contributed by atoms with van der Waals surface area (Å²) in [5, 5.41) is 3.47. The first-order valence-electron chi connectivity index (χ1n) is 9.18. The van der Waals surface area contributed by atoms with Crippen LogP contribution in [-0.4, -0.2) is 31.1 Å². The summed E-state index contributed by atoms with van der Waals surface area (Å²) in [6.07, 6.45) is 4.10. The lowest BCUT2D eigenvalue weighted by Gasteiger charge is -2.43. The minimum absolute atomic E-state index is 0. The molecule has 3 nitrogen and oxygen atoms in total. The van der Waals surface area contributed by atoms with Crippen molar-refractivity contribution in [1.82, 2.24) is 10.2 Å². The summed E-state index contributed by atoms with van der Waals surface area (Å²) in [6.45, 7) is 4.49. The Kier molecular flexibility index (Phi) is 8.23. The van der Waals surface area contributed by atoms with Crippen molar-refractivity contribution in [3.8, 4) is 11.5 Å². The van der Waals surface area contributed by atoms with Gasteiger partial charge in [0, 0.05) is 32.2 Å². The minimum atomic E-state index is 0. The summed E-state index contributed by atoms with van der Waals surface area (Å²) >= 11 is 0. The maximum atomic E-state index is 6.06. The Labute approximate surface area is 168 Å². The molecule has 1 aliphatic carbocycles. The number of ether oxygens (including phenoxy) is 1. The fraction of sp³-hybridized carbons (Fsp3) is 0.429. The SMILES string of the molecule is Cl.Cl.c1ccc(Oc2cccc([C@@H](C3CCC3)N3CCNCC3)c2)cc1. The van der Waals surface area contributed by atoms with Crippen LogP contribution in [0, 0.1) is 5.92 Å². The van der Waals surface area contributed by atoms with Crippen molar-refractivity contribution in [1.29, 1.82) is 0 Å². The Morgan fingerprint density at radius 3 is 2.23 bits per heavy atom. The van der Waals surface area contributed by atoms with Gasteiger partial charge in [-0.3, -0.25) is 4.90 Å². The molecule has 2 aromatic carbocycles. The molecule has 0 bridgehead atoms. The van der Waals surface area contributed by atoms with Crippen molar-refractivity contribution in [3.63, 3.8) is 0 Å². The Bertz CT molecular complexity index is 658. The summed E-state index contributed by atoms with van der Waals surface area (Å²) in [4.78, 5) is 2.67. The second-order valence-corrected chi connectivity index (χ2v) is 6.91. The van der Waals surface area contributed by atoms with Gasteiger partial charge in [0.05, 0.1) is 0 Å². The van der Waals surface area contributed by atoms with E-state index < -0.39 is 0 Å². The molecule has 1 saturated heterocycles. The van der Waals surface area contributed by atoms with Gasteiger partial charge in [0.1, 0.15) is 11.5 Å². The molecule has 1 atom stereocenters. The van der Waals surface area contributed by atoms with Gasteiger partial charge in [-0.25, -0.2) is 0 Å². The predicted octanol–water partition coefficient (Wildman–Crippen LogP) is 5.07. The molecule has 4 rings (SSSR count). The number of halogens is 2. The lowest BCUT2D eigenvalue weighted by atomic mass is 9.76. The molecule has 5 heteroatoms. The van der Waals surface area contributed by atoms with Crippen molar-refractivity contribution in [2.75, 3.05) is 26.2 Å². The zero-order chi connectivity index (χ0) is 16.2. The van der Waals surface area contributed by atoms with Gasteiger partial charge in [-0.15, -0.1) is 24.8 Å². The van der Waals surface area contributed by atoms with Crippen LogP contribution < -0.4 is 10.1 Å². The fourth-order valence-electron chi connectivity index (χ4n) is 3.88.